The van der Waals surface area contributed by atoms with Gasteiger partial charge < -0.3 is 15.2 Å². The summed E-state index contributed by atoms with van der Waals surface area (Å²) in [5.74, 6) is -2.35. The van der Waals surface area contributed by atoms with Crippen molar-refractivity contribution in [3.63, 3.8) is 0 Å². The van der Waals surface area contributed by atoms with Gasteiger partial charge in [-0.2, -0.15) is 0 Å². The van der Waals surface area contributed by atoms with Crippen LogP contribution in [0.15, 0.2) is 67.8 Å². The molecule has 0 unspecified atom stereocenters. The van der Waals surface area contributed by atoms with Gasteiger partial charge in [0.1, 0.15) is 10.5 Å². The van der Waals surface area contributed by atoms with E-state index in [0.29, 0.717) is 14.8 Å². The van der Waals surface area contributed by atoms with Crippen LogP contribution in [0.1, 0.15) is 24.0 Å². The van der Waals surface area contributed by atoms with E-state index in [9.17, 15) is 14.4 Å². The van der Waals surface area contributed by atoms with Crippen LogP contribution >= 0.6 is 43.2 Å². The van der Waals surface area contributed by atoms with Gasteiger partial charge in [0.2, 0.25) is 0 Å². The van der Waals surface area contributed by atoms with E-state index in [0.717, 1.165) is 25.8 Å². The highest BCUT2D eigenvalue weighted by molar-refractivity contribution is 9.10. The highest BCUT2D eigenvalue weighted by atomic mass is 79.9. The number of rotatable bonds is 5. The third-order valence-corrected chi connectivity index (χ3v) is 7.47. The van der Waals surface area contributed by atoms with Crippen molar-refractivity contribution in [1.82, 2.24) is 4.57 Å². The monoisotopic (exact) mass is 618 g/mol. The molecule has 35 heavy (non-hydrogen) atoms. The minimum absolute atomic E-state index is 0.00626. The quantitative estimate of drug-likeness (QED) is 0.441. The molecular weight excluding hydrogens is 600 g/mol. The van der Waals surface area contributed by atoms with Gasteiger partial charge in [-0.3, -0.25) is 9.36 Å². The topological polar surface area (TPSA) is 101 Å². The molecule has 0 saturated heterocycles. The average molecular weight is 620 g/mol. The molecule has 4 rings (SSSR count). The number of benzene rings is 2. The molecule has 2 aromatic carbocycles. The number of hydrogen-bond acceptors (Lipinski definition) is 7. The molecule has 1 aliphatic rings. The SMILES string of the molecule is CCOC(=O)C1=C(N)n2c(s/c(=C\c3cccc(Br)c3)c2=O)=C(C(=O)OC)[C@@H]1c1cccc(Br)c1. The minimum atomic E-state index is -0.893. The smallest absolute Gasteiger partial charge is 0.338 e. The van der Waals surface area contributed by atoms with Crippen molar-refractivity contribution in [2.75, 3.05) is 13.7 Å². The summed E-state index contributed by atoms with van der Waals surface area (Å²) in [7, 11) is 1.25. The zero-order chi connectivity index (χ0) is 25.3. The number of esters is 2. The van der Waals surface area contributed by atoms with Crippen molar-refractivity contribution >= 4 is 72.6 Å². The van der Waals surface area contributed by atoms with Crippen LogP contribution in [0.5, 0.6) is 0 Å². The van der Waals surface area contributed by atoms with E-state index in [1.807, 2.05) is 30.3 Å². The van der Waals surface area contributed by atoms with E-state index in [1.54, 1.807) is 31.2 Å². The van der Waals surface area contributed by atoms with Gasteiger partial charge in [-0.1, -0.05) is 56.1 Å². The van der Waals surface area contributed by atoms with Gasteiger partial charge in [-0.05, 0) is 48.4 Å². The van der Waals surface area contributed by atoms with Gasteiger partial charge in [0.15, 0.2) is 0 Å². The number of ether oxygens (including phenoxy) is 2. The predicted molar refractivity (Wildman–Crippen MR) is 142 cm³/mol. The van der Waals surface area contributed by atoms with Gasteiger partial charge in [0, 0.05) is 8.95 Å². The molecule has 0 saturated carbocycles. The molecule has 7 nitrogen and oxygen atoms in total. The first kappa shape index (κ1) is 25.2. The Hall–Kier alpha value is -2.95. The standard InChI is InChI=1S/C25H20Br2N2O5S/c1-3-34-25(32)19-18(14-7-5-9-16(27)12-14)20(24(31)33-2)23-29(21(19)28)22(30)17(35-23)11-13-6-4-8-15(26)10-13/h4-12,18H,3,28H2,1-2H3/b17-11-/t18-/m1/s1. The van der Waals surface area contributed by atoms with Crippen molar-refractivity contribution in [1.29, 1.82) is 0 Å². The molecule has 1 aliphatic heterocycles. The van der Waals surface area contributed by atoms with E-state index >= 15 is 0 Å². The van der Waals surface area contributed by atoms with Crippen LogP contribution in [0.4, 0.5) is 0 Å². The first-order valence-corrected chi connectivity index (χ1v) is 12.9. The number of fused-ring (bicyclic) bond motifs is 1. The van der Waals surface area contributed by atoms with Crippen LogP contribution in [-0.2, 0) is 19.1 Å². The summed E-state index contributed by atoms with van der Waals surface area (Å²) in [4.78, 5) is 39.8. The molecule has 0 spiro atoms. The van der Waals surface area contributed by atoms with E-state index in [2.05, 4.69) is 31.9 Å². The molecule has 10 heteroatoms. The molecule has 0 radical (unpaired) electrons. The van der Waals surface area contributed by atoms with Crippen LogP contribution in [0.25, 0.3) is 17.5 Å². The number of nitrogens with two attached hydrogens (primary N) is 1. The van der Waals surface area contributed by atoms with Gasteiger partial charge in [0.05, 0.1) is 35.3 Å². The first-order valence-electron chi connectivity index (χ1n) is 10.5. The third-order valence-electron chi connectivity index (χ3n) is 5.38. The Morgan fingerprint density at radius 1 is 1.09 bits per heavy atom. The second kappa shape index (κ2) is 10.3. The fraction of sp³-hybridized carbons (Fsp3) is 0.160. The second-order valence-electron chi connectivity index (χ2n) is 7.52. The normalized spacial score (nSPS) is 15.7. The lowest BCUT2D eigenvalue weighted by molar-refractivity contribution is -0.138. The van der Waals surface area contributed by atoms with Gasteiger partial charge >= 0.3 is 11.9 Å². The third kappa shape index (κ3) is 4.78. The van der Waals surface area contributed by atoms with Gasteiger partial charge in [-0.25, -0.2) is 9.59 Å². The minimum Gasteiger partial charge on any atom is -0.466 e. The predicted octanol–water partition coefficient (Wildman–Crippen LogP) is 3.08. The van der Waals surface area contributed by atoms with Crippen molar-refractivity contribution in [3.05, 3.63) is 93.7 Å². The summed E-state index contributed by atoms with van der Waals surface area (Å²) in [6, 6.07) is 14.6. The van der Waals surface area contributed by atoms with E-state index < -0.39 is 23.4 Å². The first-order chi connectivity index (χ1) is 16.8. The molecule has 3 aromatic rings. The number of carbonyl (C=O) groups is 2. The zero-order valence-electron chi connectivity index (χ0n) is 18.7. The molecule has 0 aliphatic carbocycles. The summed E-state index contributed by atoms with van der Waals surface area (Å²) < 4.78 is 13.8. The Morgan fingerprint density at radius 2 is 1.77 bits per heavy atom. The van der Waals surface area contributed by atoms with Crippen molar-refractivity contribution in [3.8, 4) is 0 Å². The van der Waals surface area contributed by atoms with Crippen LogP contribution in [0.3, 0.4) is 0 Å². The lowest BCUT2D eigenvalue weighted by Crippen LogP contribution is -2.41. The molecule has 2 N–H and O–H groups in total. The number of hydrogen-bond donors (Lipinski definition) is 1. The average Bonchev–Trinajstić information content (AvgIpc) is 3.14. The van der Waals surface area contributed by atoms with Crippen LogP contribution in [-0.4, -0.2) is 30.2 Å². The maximum atomic E-state index is 13.5. The Kier molecular flexibility index (Phi) is 7.44. The molecule has 1 atom stereocenters. The molecule has 0 fully saturated rings. The lowest BCUT2D eigenvalue weighted by atomic mass is 9.83. The van der Waals surface area contributed by atoms with Gasteiger partial charge in [-0.15, -0.1) is 11.3 Å². The van der Waals surface area contributed by atoms with E-state index in [4.69, 9.17) is 15.2 Å². The van der Waals surface area contributed by atoms with Crippen LogP contribution in [0.2, 0.25) is 0 Å². The number of aromatic nitrogens is 1. The second-order valence-corrected chi connectivity index (χ2v) is 10.4. The highest BCUT2D eigenvalue weighted by Gasteiger charge is 2.39. The maximum Gasteiger partial charge on any atom is 0.338 e. The number of thiazole rings is 1. The van der Waals surface area contributed by atoms with E-state index in [1.165, 1.54) is 11.7 Å². The van der Waals surface area contributed by atoms with Crippen LogP contribution in [0, 0.1) is 0 Å². The number of halogens is 2. The molecule has 1 aromatic heterocycles. The molecule has 2 heterocycles. The Balaban J connectivity index is 2.13. The van der Waals surface area contributed by atoms with Crippen molar-refractivity contribution in [2.45, 2.75) is 12.8 Å². The Morgan fingerprint density at radius 3 is 2.40 bits per heavy atom. The maximum absolute atomic E-state index is 13.5. The molecule has 180 valence electrons. The Labute approximate surface area is 221 Å². The van der Waals surface area contributed by atoms with Crippen molar-refractivity contribution < 1.29 is 19.1 Å². The van der Waals surface area contributed by atoms with Crippen molar-refractivity contribution in [2.24, 2.45) is 5.73 Å². The number of nitrogens with zero attached hydrogens (tertiary/aromatic N) is 1. The molecule has 0 amide bonds. The summed E-state index contributed by atoms with van der Waals surface area (Å²) in [5.41, 5.74) is 7.58. The Bertz CT molecular complexity index is 1550. The summed E-state index contributed by atoms with van der Waals surface area (Å²) in [5, 5.41) is 0. The summed E-state index contributed by atoms with van der Waals surface area (Å²) in [6.07, 6.45) is 1.71. The fourth-order valence-corrected chi connectivity index (χ4v) is 5.93. The largest absolute Gasteiger partial charge is 0.466 e. The molecular formula is C25H20Br2N2O5S. The van der Waals surface area contributed by atoms with Gasteiger partial charge in [0.25, 0.3) is 5.56 Å². The summed E-state index contributed by atoms with van der Waals surface area (Å²) >= 11 is 7.99. The number of carbonyl (C=O) groups excluding carboxylic acids is 2. The van der Waals surface area contributed by atoms with E-state index in [-0.39, 0.29) is 23.6 Å². The lowest BCUT2D eigenvalue weighted by Gasteiger charge is -2.26. The fourth-order valence-electron chi connectivity index (χ4n) is 3.93. The van der Waals surface area contributed by atoms with Crippen LogP contribution < -0.4 is 20.5 Å². The molecule has 0 bridgehead atoms. The highest BCUT2D eigenvalue weighted by Crippen LogP contribution is 2.38. The number of methoxy groups -OCH3 is 1. The summed E-state index contributed by atoms with van der Waals surface area (Å²) in [6.45, 7) is 1.77. The zero-order valence-corrected chi connectivity index (χ0v) is 22.7.